The second-order valence-corrected chi connectivity index (χ2v) is 5.13. The van der Waals surface area contributed by atoms with E-state index in [1.54, 1.807) is 7.11 Å². The molecule has 1 aliphatic carbocycles. The first-order valence-corrected chi connectivity index (χ1v) is 6.35. The number of benzene rings is 1. The van der Waals surface area contributed by atoms with Gasteiger partial charge in [-0.25, -0.2) is 0 Å². The molecule has 0 bridgehead atoms. The molecule has 0 heterocycles. The number of carbonyl (C=O) groups is 1. The number of phenolic OH excluding ortho intramolecular Hbond substituents is 2. The molecule has 1 fully saturated rings. The zero-order chi connectivity index (χ0) is 13.9. The van der Waals surface area contributed by atoms with Crippen molar-refractivity contribution in [1.29, 1.82) is 0 Å². The summed E-state index contributed by atoms with van der Waals surface area (Å²) < 4.78 is 5.06. The van der Waals surface area contributed by atoms with Gasteiger partial charge in [0.15, 0.2) is 0 Å². The maximum atomic E-state index is 11.9. The maximum absolute atomic E-state index is 11.9. The van der Waals surface area contributed by atoms with Crippen molar-refractivity contribution < 1.29 is 19.7 Å². The predicted molar refractivity (Wildman–Crippen MR) is 70.3 cm³/mol. The third kappa shape index (κ3) is 3.38. The number of ether oxygens (including phenoxy) is 1. The Morgan fingerprint density at radius 3 is 2.74 bits per heavy atom. The van der Waals surface area contributed by atoms with Crippen molar-refractivity contribution in [2.75, 3.05) is 20.3 Å². The number of aromatic hydroxyl groups is 2. The molecule has 0 unspecified atom stereocenters. The molecule has 1 amide bonds. The summed E-state index contributed by atoms with van der Waals surface area (Å²) in [7, 11) is 1.67. The molecule has 19 heavy (non-hydrogen) atoms. The fourth-order valence-corrected chi connectivity index (χ4v) is 2.09. The van der Waals surface area contributed by atoms with Gasteiger partial charge in [-0.1, -0.05) is 0 Å². The summed E-state index contributed by atoms with van der Waals surface area (Å²) in [4.78, 5) is 11.9. The van der Waals surface area contributed by atoms with Crippen LogP contribution in [0.25, 0.3) is 0 Å². The van der Waals surface area contributed by atoms with Crippen LogP contribution in [0.1, 0.15) is 29.6 Å². The van der Waals surface area contributed by atoms with E-state index in [0.717, 1.165) is 25.3 Å². The summed E-state index contributed by atoms with van der Waals surface area (Å²) in [5.41, 5.74) is 0.346. The van der Waals surface area contributed by atoms with E-state index < -0.39 is 0 Å². The third-order valence-electron chi connectivity index (χ3n) is 3.64. The Labute approximate surface area is 112 Å². The predicted octanol–water partition coefficient (Wildman–Crippen LogP) is 1.64. The summed E-state index contributed by atoms with van der Waals surface area (Å²) in [5, 5.41) is 21.6. The molecule has 0 spiro atoms. The monoisotopic (exact) mass is 265 g/mol. The first kappa shape index (κ1) is 13.7. The van der Waals surface area contributed by atoms with Gasteiger partial charge in [-0.3, -0.25) is 4.79 Å². The van der Waals surface area contributed by atoms with Crippen LogP contribution in [-0.4, -0.2) is 36.4 Å². The quantitative estimate of drug-likeness (QED) is 0.730. The van der Waals surface area contributed by atoms with E-state index in [4.69, 9.17) is 4.74 Å². The minimum Gasteiger partial charge on any atom is -0.508 e. The van der Waals surface area contributed by atoms with Gasteiger partial charge in [0.1, 0.15) is 11.5 Å². The van der Waals surface area contributed by atoms with Gasteiger partial charge in [-0.15, -0.1) is 0 Å². The lowest BCUT2D eigenvalue weighted by molar-refractivity contribution is 0.0935. The van der Waals surface area contributed by atoms with Crippen molar-refractivity contribution in [3.63, 3.8) is 0 Å². The second-order valence-electron chi connectivity index (χ2n) is 5.13. The molecule has 2 rings (SSSR count). The summed E-state index contributed by atoms with van der Waals surface area (Å²) in [6.45, 7) is 1.29. The zero-order valence-electron chi connectivity index (χ0n) is 11.0. The molecule has 0 atom stereocenters. The number of amides is 1. The van der Waals surface area contributed by atoms with E-state index in [-0.39, 0.29) is 28.4 Å². The zero-order valence-corrected chi connectivity index (χ0v) is 11.0. The highest BCUT2D eigenvalue weighted by molar-refractivity contribution is 5.97. The number of carbonyl (C=O) groups excluding carboxylic acids is 1. The molecular formula is C14H19NO4. The van der Waals surface area contributed by atoms with E-state index in [2.05, 4.69) is 5.32 Å². The lowest BCUT2D eigenvalue weighted by Gasteiger charge is -2.15. The topological polar surface area (TPSA) is 78.8 Å². The Bertz CT molecular complexity index is 469. The van der Waals surface area contributed by atoms with Crippen LogP contribution in [0.5, 0.6) is 11.5 Å². The van der Waals surface area contributed by atoms with Gasteiger partial charge in [0, 0.05) is 26.3 Å². The maximum Gasteiger partial charge on any atom is 0.255 e. The molecule has 3 N–H and O–H groups in total. The Morgan fingerprint density at radius 2 is 2.16 bits per heavy atom. The average molecular weight is 265 g/mol. The van der Waals surface area contributed by atoms with E-state index in [0.29, 0.717) is 13.2 Å². The molecule has 0 aromatic heterocycles. The Balaban J connectivity index is 1.91. The van der Waals surface area contributed by atoms with E-state index in [1.807, 2.05) is 0 Å². The van der Waals surface area contributed by atoms with Crippen LogP contribution in [0.3, 0.4) is 0 Å². The van der Waals surface area contributed by atoms with Crippen molar-refractivity contribution in [3.05, 3.63) is 23.8 Å². The lowest BCUT2D eigenvalue weighted by atomic mass is 10.0. The van der Waals surface area contributed by atoms with Gasteiger partial charge < -0.3 is 20.3 Å². The average Bonchev–Trinajstić information content (AvgIpc) is 3.14. The van der Waals surface area contributed by atoms with Gasteiger partial charge in [0.25, 0.3) is 5.91 Å². The largest absolute Gasteiger partial charge is 0.508 e. The van der Waals surface area contributed by atoms with Crippen molar-refractivity contribution >= 4 is 5.91 Å². The fourth-order valence-electron chi connectivity index (χ4n) is 2.09. The van der Waals surface area contributed by atoms with Gasteiger partial charge in [0.2, 0.25) is 0 Å². The van der Waals surface area contributed by atoms with Crippen LogP contribution in [0.15, 0.2) is 18.2 Å². The van der Waals surface area contributed by atoms with Gasteiger partial charge in [0.05, 0.1) is 5.56 Å². The van der Waals surface area contributed by atoms with Crippen LogP contribution in [-0.2, 0) is 4.74 Å². The van der Waals surface area contributed by atoms with Crippen LogP contribution in [0, 0.1) is 5.41 Å². The van der Waals surface area contributed by atoms with Gasteiger partial charge >= 0.3 is 0 Å². The van der Waals surface area contributed by atoms with Gasteiger partial charge in [-0.05, 0) is 36.8 Å². The number of methoxy groups -OCH3 is 1. The van der Waals surface area contributed by atoms with Crippen LogP contribution in [0.4, 0.5) is 0 Å². The Kier molecular flexibility index (Phi) is 3.95. The molecule has 1 aromatic carbocycles. The van der Waals surface area contributed by atoms with E-state index >= 15 is 0 Å². The molecule has 1 aliphatic rings. The second kappa shape index (κ2) is 5.48. The molecule has 104 valence electrons. The Hall–Kier alpha value is -1.75. The molecule has 5 nitrogen and oxygen atoms in total. The standard InChI is InChI=1S/C14H19NO4/c1-19-7-6-14(4-5-14)9-15-13(18)11-3-2-10(16)8-12(11)17/h2-3,8,16-17H,4-7,9H2,1H3,(H,15,18). The van der Waals surface area contributed by atoms with Crippen LogP contribution in [0.2, 0.25) is 0 Å². The number of rotatable bonds is 6. The molecule has 0 aliphatic heterocycles. The number of phenols is 2. The summed E-state index contributed by atoms with van der Waals surface area (Å²) >= 11 is 0. The van der Waals surface area contributed by atoms with Crippen molar-refractivity contribution in [2.45, 2.75) is 19.3 Å². The molecular weight excluding hydrogens is 246 g/mol. The lowest BCUT2D eigenvalue weighted by Crippen LogP contribution is -2.30. The highest BCUT2D eigenvalue weighted by Crippen LogP contribution is 2.48. The molecule has 5 heteroatoms. The SMILES string of the molecule is COCCC1(CNC(=O)c2ccc(O)cc2O)CC1. The van der Waals surface area contributed by atoms with Gasteiger partial charge in [-0.2, -0.15) is 0 Å². The Morgan fingerprint density at radius 1 is 1.42 bits per heavy atom. The minimum atomic E-state index is -0.318. The third-order valence-corrected chi connectivity index (χ3v) is 3.64. The normalized spacial score (nSPS) is 16.1. The minimum absolute atomic E-state index is 0.0622. The molecule has 0 radical (unpaired) electrons. The van der Waals surface area contributed by atoms with Crippen molar-refractivity contribution in [2.24, 2.45) is 5.41 Å². The smallest absolute Gasteiger partial charge is 0.255 e. The van der Waals surface area contributed by atoms with E-state index in [9.17, 15) is 15.0 Å². The molecule has 1 saturated carbocycles. The summed E-state index contributed by atoms with van der Waals surface area (Å²) in [5.74, 6) is -0.590. The van der Waals surface area contributed by atoms with Crippen molar-refractivity contribution in [3.8, 4) is 11.5 Å². The molecule has 1 aromatic rings. The highest BCUT2D eigenvalue weighted by atomic mass is 16.5. The fraction of sp³-hybridized carbons (Fsp3) is 0.500. The summed E-state index contributed by atoms with van der Waals surface area (Å²) in [6, 6.07) is 3.95. The molecule has 0 saturated heterocycles. The highest BCUT2D eigenvalue weighted by Gasteiger charge is 2.42. The first-order valence-electron chi connectivity index (χ1n) is 6.35. The van der Waals surface area contributed by atoms with E-state index in [1.165, 1.54) is 12.1 Å². The summed E-state index contributed by atoms with van der Waals surface area (Å²) in [6.07, 6.45) is 3.13. The first-order chi connectivity index (χ1) is 9.06. The number of hydrogen-bond acceptors (Lipinski definition) is 4. The van der Waals surface area contributed by atoms with Crippen molar-refractivity contribution in [1.82, 2.24) is 5.32 Å². The van der Waals surface area contributed by atoms with Crippen LogP contribution >= 0.6 is 0 Å². The number of nitrogens with one attached hydrogen (secondary N) is 1. The van der Waals surface area contributed by atoms with Crippen LogP contribution < -0.4 is 5.32 Å². The number of hydrogen-bond donors (Lipinski definition) is 3.